The predicted molar refractivity (Wildman–Crippen MR) is 98.1 cm³/mol. The van der Waals surface area contributed by atoms with Gasteiger partial charge in [-0.15, -0.1) is 0 Å². The lowest BCUT2D eigenvalue weighted by atomic mass is 9.66. The molecule has 1 aromatic carbocycles. The molecule has 1 heterocycles. The predicted octanol–water partition coefficient (Wildman–Crippen LogP) is 5.75. The van der Waals surface area contributed by atoms with Crippen LogP contribution < -0.4 is 0 Å². The highest BCUT2D eigenvalue weighted by Gasteiger charge is 2.41. The highest BCUT2D eigenvalue weighted by atomic mass is 16.5. The van der Waals surface area contributed by atoms with Crippen LogP contribution in [-0.4, -0.2) is 17.2 Å². The number of aromatic nitrogens is 1. The summed E-state index contributed by atoms with van der Waals surface area (Å²) in [4.78, 5) is 3.58. The van der Waals surface area contributed by atoms with Gasteiger partial charge in [0.05, 0.1) is 12.2 Å². The first-order chi connectivity index (χ1) is 11.1. The Labute approximate surface area is 140 Å². The molecule has 0 radical (unpaired) electrons. The van der Waals surface area contributed by atoms with Gasteiger partial charge in [0.2, 0.25) is 0 Å². The van der Waals surface area contributed by atoms with E-state index in [1.54, 1.807) is 0 Å². The van der Waals surface area contributed by atoms with Crippen LogP contribution >= 0.6 is 0 Å². The first-order valence-corrected chi connectivity index (χ1v) is 9.33. The third-order valence-corrected chi connectivity index (χ3v) is 5.72. The Morgan fingerprint density at radius 1 is 1.13 bits per heavy atom. The molecule has 1 unspecified atom stereocenters. The van der Waals surface area contributed by atoms with E-state index < -0.39 is 0 Å². The summed E-state index contributed by atoms with van der Waals surface area (Å²) in [5.41, 5.74) is 4.38. The lowest BCUT2D eigenvalue weighted by Gasteiger charge is -2.43. The molecule has 0 saturated heterocycles. The van der Waals surface area contributed by atoms with E-state index in [9.17, 15) is 0 Å². The summed E-state index contributed by atoms with van der Waals surface area (Å²) in [6, 6.07) is 6.74. The van der Waals surface area contributed by atoms with Crippen LogP contribution in [0.25, 0.3) is 10.9 Å². The van der Waals surface area contributed by atoms with E-state index in [0.717, 1.165) is 6.42 Å². The minimum absolute atomic E-state index is 0.160. The zero-order valence-electron chi connectivity index (χ0n) is 15.1. The number of aromatic amines is 1. The average molecular weight is 313 g/mol. The van der Waals surface area contributed by atoms with E-state index in [1.807, 2.05) is 0 Å². The van der Waals surface area contributed by atoms with Crippen molar-refractivity contribution in [2.75, 3.05) is 0 Å². The van der Waals surface area contributed by atoms with Crippen molar-refractivity contribution in [3.8, 4) is 0 Å². The van der Waals surface area contributed by atoms with Gasteiger partial charge in [-0.1, -0.05) is 44.4 Å². The minimum atomic E-state index is 0.160. The van der Waals surface area contributed by atoms with E-state index in [0.29, 0.717) is 0 Å². The van der Waals surface area contributed by atoms with Gasteiger partial charge in [0.1, 0.15) is 0 Å². The molecule has 0 bridgehead atoms. The minimum Gasteiger partial charge on any atom is -0.375 e. The molecular formula is C21H31NO. The molecule has 1 fully saturated rings. The van der Waals surface area contributed by atoms with Crippen LogP contribution in [0, 0.1) is 0 Å². The molecule has 2 nitrogen and oxygen atoms in total. The fraction of sp³-hybridized carbons (Fsp3) is 0.619. The van der Waals surface area contributed by atoms with Crippen LogP contribution in [0.4, 0.5) is 0 Å². The summed E-state index contributed by atoms with van der Waals surface area (Å²) < 4.78 is 6.31. The Hall–Kier alpha value is -1.28. The summed E-state index contributed by atoms with van der Waals surface area (Å²) >= 11 is 0. The quantitative estimate of drug-likeness (QED) is 0.747. The average Bonchev–Trinajstić information content (AvgIpc) is 2.99. The van der Waals surface area contributed by atoms with E-state index in [4.69, 9.17) is 4.74 Å². The molecule has 1 N–H and O–H groups in total. The standard InChI is InChI=1S/C21H31NO/c1-5-17-10-9-11-18-19(14-22-20(17)18)21(12-7-6-8-13-21)16(4)23-15(2)3/h9-11,14-16,22H,5-8,12-13H2,1-4H3. The van der Waals surface area contributed by atoms with Crippen molar-refractivity contribution in [1.29, 1.82) is 0 Å². The lowest BCUT2D eigenvalue weighted by molar-refractivity contribution is -0.0404. The van der Waals surface area contributed by atoms with Gasteiger partial charge >= 0.3 is 0 Å². The summed E-state index contributed by atoms with van der Waals surface area (Å²) in [6.07, 6.45) is 10.3. The molecular weight excluding hydrogens is 282 g/mol. The Kier molecular flexibility index (Phi) is 4.82. The zero-order chi connectivity index (χ0) is 16.4. The third-order valence-electron chi connectivity index (χ3n) is 5.72. The number of H-pyrrole nitrogens is 1. The van der Waals surface area contributed by atoms with E-state index in [2.05, 4.69) is 57.1 Å². The maximum Gasteiger partial charge on any atom is 0.0647 e. The number of fused-ring (bicyclic) bond motifs is 1. The molecule has 23 heavy (non-hydrogen) atoms. The molecule has 3 rings (SSSR count). The van der Waals surface area contributed by atoms with Gasteiger partial charge in [-0.3, -0.25) is 0 Å². The van der Waals surface area contributed by atoms with Gasteiger partial charge in [0, 0.05) is 22.5 Å². The largest absolute Gasteiger partial charge is 0.375 e. The van der Waals surface area contributed by atoms with E-state index >= 15 is 0 Å². The van der Waals surface area contributed by atoms with Crippen LogP contribution in [0.3, 0.4) is 0 Å². The zero-order valence-corrected chi connectivity index (χ0v) is 15.1. The number of rotatable bonds is 5. The van der Waals surface area contributed by atoms with Crippen LogP contribution in [0.5, 0.6) is 0 Å². The maximum atomic E-state index is 6.31. The summed E-state index contributed by atoms with van der Waals surface area (Å²) in [7, 11) is 0. The molecule has 126 valence electrons. The normalized spacial score (nSPS) is 19.3. The number of para-hydroxylation sites is 1. The van der Waals surface area contributed by atoms with Crippen LogP contribution in [0.1, 0.15) is 70.9 Å². The van der Waals surface area contributed by atoms with Gasteiger partial charge in [-0.2, -0.15) is 0 Å². The Morgan fingerprint density at radius 3 is 2.52 bits per heavy atom. The van der Waals surface area contributed by atoms with Crippen LogP contribution in [0.2, 0.25) is 0 Å². The molecule has 1 atom stereocenters. The molecule has 0 spiro atoms. The first kappa shape index (κ1) is 16.6. The Balaban J connectivity index is 2.10. The number of hydrogen-bond acceptors (Lipinski definition) is 1. The molecule has 1 aliphatic rings. The van der Waals surface area contributed by atoms with Crippen molar-refractivity contribution in [3.05, 3.63) is 35.5 Å². The molecule has 1 saturated carbocycles. The Bertz CT molecular complexity index is 649. The van der Waals surface area contributed by atoms with Crippen LogP contribution in [0.15, 0.2) is 24.4 Å². The number of hydrogen-bond donors (Lipinski definition) is 1. The van der Waals surface area contributed by atoms with Gasteiger partial charge in [0.15, 0.2) is 0 Å². The van der Waals surface area contributed by atoms with E-state index in [1.165, 1.54) is 54.1 Å². The highest BCUT2D eigenvalue weighted by molar-refractivity contribution is 5.87. The molecule has 0 amide bonds. The molecule has 0 aliphatic heterocycles. The number of benzene rings is 1. The SMILES string of the molecule is CCc1cccc2c(C3(C(C)OC(C)C)CCCCC3)c[nH]c12. The van der Waals surface area contributed by atoms with Crippen molar-refractivity contribution in [1.82, 2.24) is 4.98 Å². The summed E-state index contributed by atoms with van der Waals surface area (Å²) in [5, 5.41) is 1.41. The summed E-state index contributed by atoms with van der Waals surface area (Å²) in [6.45, 7) is 8.82. The monoisotopic (exact) mass is 313 g/mol. The molecule has 2 heteroatoms. The fourth-order valence-electron chi connectivity index (χ4n) is 4.54. The smallest absolute Gasteiger partial charge is 0.0647 e. The van der Waals surface area contributed by atoms with E-state index in [-0.39, 0.29) is 17.6 Å². The number of aryl methyl sites for hydroxylation is 1. The summed E-state index contributed by atoms with van der Waals surface area (Å²) in [5.74, 6) is 0. The Morgan fingerprint density at radius 2 is 1.87 bits per heavy atom. The van der Waals surface area contributed by atoms with Gasteiger partial charge in [-0.05, 0) is 51.2 Å². The first-order valence-electron chi connectivity index (χ1n) is 9.33. The van der Waals surface area contributed by atoms with Crippen molar-refractivity contribution in [2.24, 2.45) is 0 Å². The fourth-order valence-corrected chi connectivity index (χ4v) is 4.54. The van der Waals surface area contributed by atoms with Crippen molar-refractivity contribution < 1.29 is 4.74 Å². The number of ether oxygens (including phenoxy) is 1. The van der Waals surface area contributed by atoms with Gasteiger partial charge < -0.3 is 9.72 Å². The van der Waals surface area contributed by atoms with Crippen molar-refractivity contribution in [3.63, 3.8) is 0 Å². The molecule has 2 aromatic rings. The molecule has 1 aliphatic carbocycles. The van der Waals surface area contributed by atoms with Gasteiger partial charge in [0.25, 0.3) is 0 Å². The highest BCUT2D eigenvalue weighted by Crippen LogP contribution is 2.46. The second kappa shape index (κ2) is 6.68. The molecule has 1 aromatic heterocycles. The van der Waals surface area contributed by atoms with Crippen molar-refractivity contribution in [2.45, 2.75) is 83.8 Å². The van der Waals surface area contributed by atoms with Gasteiger partial charge in [-0.25, -0.2) is 0 Å². The lowest BCUT2D eigenvalue weighted by Crippen LogP contribution is -2.42. The van der Waals surface area contributed by atoms with Crippen LogP contribution in [-0.2, 0) is 16.6 Å². The third kappa shape index (κ3) is 2.94. The number of nitrogens with one attached hydrogen (secondary N) is 1. The second-order valence-corrected chi connectivity index (χ2v) is 7.44. The maximum absolute atomic E-state index is 6.31. The second-order valence-electron chi connectivity index (χ2n) is 7.44. The topological polar surface area (TPSA) is 25.0 Å². The van der Waals surface area contributed by atoms with Crippen molar-refractivity contribution >= 4 is 10.9 Å².